The predicted octanol–water partition coefficient (Wildman–Crippen LogP) is 3.32. The van der Waals surface area contributed by atoms with Crippen LogP contribution in [0.3, 0.4) is 0 Å². The summed E-state index contributed by atoms with van der Waals surface area (Å²) in [6.45, 7) is -3.48. The highest BCUT2D eigenvalue weighted by Gasteiger charge is 2.35. The molecule has 1 aliphatic heterocycles. The summed E-state index contributed by atoms with van der Waals surface area (Å²) in [7, 11) is -15.3. The molecule has 304 valence electrons. The van der Waals surface area contributed by atoms with Crippen LogP contribution in [0.4, 0.5) is 0 Å². The average Bonchev–Trinajstić information content (AvgIpc) is 3.42. The Labute approximate surface area is 303 Å². The molecule has 8 unspecified atom stereocenters. The summed E-state index contributed by atoms with van der Waals surface area (Å²) >= 11 is 0. The van der Waals surface area contributed by atoms with Gasteiger partial charge in [0, 0.05) is 19.5 Å². The molecular formula is C24H48BO22P5. The first-order chi connectivity index (χ1) is 24.3. The third kappa shape index (κ3) is 26.0. The summed E-state index contributed by atoms with van der Waals surface area (Å²) < 4.78 is 117. The van der Waals surface area contributed by atoms with E-state index in [0.29, 0.717) is 25.7 Å². The number of hydrogen-bond donors (Lipinski definition) is 5. The minimum Gasteiger partial charge on any atom is -0.380 e. The monoisotopic (exact) mass is 854 g/mol. The molecule has 1 rings (SSSR count). The fourth-order valence-corrected chi connectivity index (χ4v) is 7.63. The van der Waals surface area contributed by atoms with E-state index >= 15 is 0 Å². The smallest absolute Gasteiger partial charge is 0.380 e. The second-order valence-corrected chi connectivity index (χ2v) is 17.7. The van der Waals surface area contributed by atoms with Gasteiger partial charge in [0.15, 0.2) is 0 Å². The fraction of sp³-hybridized carbons (Fsp3) is 0.917. The van der Waals surface area contributed by atoms with Crippen LogP contribution in [0.15, 0.2) is 0 Å². The van der Waals surface area contributed by atoms with Crippen molar-refractivity contribution in [2.45, 2.75) is 69.6 Å². The maximum atomic E-state index is 12.0. The van der Waals surface area contributed by atoms with Crippen LogP contribution in [0.1, 0.15) is 51.4 Å². The van der Waals surface area contributed by atoms with E-state index in [0.717, 1.165) is 0 Å². The topological polar surface area (TPSA) is 297 Å². The Kier molecular flexibility index (Phi) is 25.2. The zero-order valence-electron chi connectivity index (χ0n) is 28.5. The number of phosphoric acid groups is 5. The molecule has 22 nitrogen and oxygen atoms in total. The fourth-order valence-electron chi connectivity index (χ4n) is 3.68. The van der Waals surface area contributed by atoms with Gasteiger partial charge in [-0.2, -0.15) is 0 Å². The van der Waals surface area contributed by atoms with Gasteiger partial charge in [-0.05, 0) is 44.9 Å². The molecule has 1 saturated heterocycles. The van der Waals surface area contributed by atoms with Crippen molar-refractivity contribution in [2.24, 2.45) is 0 Å². The van der Waals surface area contributed by atoms with Crippen molar-refractivity contribution in [3.63, 3.8) is 0 Å². The minimum absolute atomic E-state index is 0.0308. The Morgan fingerprint density at radius 3 is 1.19 bits per heavy atom. The lowest BCUT2D eigenvalue weighted by atomic mass is 9.96. The zero-order chi connectivity index (χ0) is 39.2. The first-order valence-corrected chi connectivity index (χ1v) is 23.3. The van der Waals surface area contributed by atoms with Crippen molar-refractivity contribution in [1.82, 2.24) is 0 Å². The number of terminal acetylenes is 1. The largest absolute Gasteiger partial charge is 0.472 e. The number of methoxy groups -OCH3 is 1. The molecule has 1 heterocycles. The number of hydrogen-bond acceptors (Lipinski definition) is 17. The Morgan fingerprint density at radius 1 is 0.577 bits per heavy atom. The highest BCUT2D eigenvalue weighted by Crippen LogP contribution is 2.47. The third-order valence-corrected chi connectivity index (χ3v) is 11.1. The van der Waals surface area contributed by atoms with Gasteiger partial charge in [-0.15, -0.1) is 12.3 Å². The van der Waals surface area contributed by atoms with E-state index in [1.54, 1.807) is 0 Å². The average molecular weight is 854 g/mol. The normalized spacial score (nSPS) is 23.5. The van der Waals surface area contributed by atoms with Crippen molar-refractivity contribution in [1.29, 1.82) is 0 Å². The lowest BCUT2D eigenvalue weighted by Gasteiger charge is -2.19. The van der Waals surface area contributed by atoms with Crippen LogP contribution in [0.5, 0.6) is 0 Å². The van der Waals surface area contributed by atoms with Crippen LogP contribution >= 0.6 is 39.1 Å². The molecule has 5 N–H and O–H groups in total. The van der Waals surface area contributed by atoms with E-state index in [-0.39, 0.29) is 58.7 Å². The van der Waals surface area contributed by atoms with Crippen molar-refractivity contribution in [3.8, 4) is 12.3 Å². The van der Waals surface area contributed by atoms with Gasteiger partial charge in [-0.25, -0.2) is 22.8 Å². The van der Waals surface area contributed by atoms with Gasteiger partial charge in [-0.3, -0.25) is 45.2 Å². The SMILES string of the molecule is [B]C1CC(OC)C(COP(=O)(O)OCCCOP(=O)(O)OCCCOP(=O)(O)OCCCOP(=O)(O)OCCCOP(=O)(O)OCCCCC#C)O1. The van der Waals surface area contributed by atoms with Gasteiger partial charge in [0.2, 0.25) is 0 Å². The quantitative estimate of drug-likeness (QED) is 0.0274. The van der Waals surface area contributed by atoms with Crippen molar-refractivity contribution in [2.75, 3.05) is 73.2 Å². The van der Waals surface area contributed by atoms with Crippen LogP contribution in [0.2, 0.25) is 0 Å². The van der Waals surface area contributed by atoms with E-state index in [4.69, 9.17) is 69.0 Å². The molecule has 28 heteroatoms. The van der Waals surface area contributed by atoms with Crippen LogP contribution < -0.4 is 0 Å². The van der Waals surface area contributed by atoms with E-state index in [2.05, 4.69) is 5.92 Å². The highest BCUT2D eigenvalue weighted by atomic mass is 31.2. The first kappa shape index (κ1) is 50.1. The number of ether oxygens (including phenoxy) is 2. The van der Waals surface area contributed by atoms with Gasteiger partial charge >= 0.3 is 39.1 Å². The third-order valence-electron chi connectivity index (χ3n) is 6.09. The Bertz CT molecular complexity index is 1290. The predicted molar refractivity (Wildman–Crippen MR) is 180 cm³/mol. The molecule has 0 aromatic carbocycles. The van der Waals surface area contributed by atoms with Crippen molar-refractivity contribution >= 4 is 47.0 Å². The summed E-state index contributed by atoms with van der Waals surface area (Å²) in [5, 5.41) is 0. The summed E-state index contributed by atoms with van der Waals surface area (Å²) in [5.74, 6) is 2.43. The van der Waals surface area contributed by atoms with Crippen LogP contribution in [-0.2, 0) is 77.5 Å². The van der Waals surface area contributed by atoms with Gasteiger partial charge < -0.3 is 33.9 Å². The maximum Gasteiger partial charge on any atom is 0.472 e. The molecule has 1 aliphatic rings. The second-order valence-electron chi connectivity index (χ2n) is 10.4. The van der Waals surface area contributed by atoms with Crippen LogP contribution in [-0.4, -0.2) is 124 Å². The first-order valence-electron chi connectivity index (χ1n) is 15.8. The lowest BCUT2D eigenvalue weighted by molar-refractivity contribution is -0.0223. The number of phosphoric ester groups is 5. The molecule has 8 atom stereocenters. The van der Waals surface area contributed by atoms with Gasteiger partial charge in [0.25, 0.3) is 0 Å². The molecule has 1 fully saturated rings. The number of rotatable bonds is 33. The maximum absolute atomic E-state index is 12.0. The van der Waals surface area contributed by atoms with Crippen LogP contribution in [0.25, 0.3) is 0 Å². The van der Waals surface area contributed by atoms with E-state index < -0.39 is 90.4 Å². The molecule has 0 spiro atoms. The highest BCUT2D eigenvalue weighted by molar-refractivity contribution is 7.48. The van der Waals surface area contributed by atoms with Gasteiger partial charge in [0.05, 0.1) is 72.2 Å². The standard InChI is InChI=1S/C24H48BO22P5/c1-3-4-5-6-11-37-48(26,27)38-12-7-13-39-49(28,29)40-14-8-15-41-50(30,31)42-16-9-17-43-51(32,33)44-18-10-19-45-52(34,35)46-21-23-22(36-2)20-24(25)47-23/h1,22-24H,4-21H2,2H3,(H,26,27)(H,28,29)(H,30,31)(H,32,33)(H,34,35). The Morgan fingerprint density at radius 2 is 0.885 bits per heavy atom. The number of unbranched alkanes of at least 4 members (excludes halogenated alkanes) is 2. The molecule has 0 aromatic heterocycles. The minimum atomic E-state index is -4.56. The summed E-state index contributed by atoms with van der Waals surface area (Å²) in [6, 6.07) is -0.597. The summed E-state index contributed by atoms with van der Waals surface area (Å²) in [5.41, 5.74) is 0. The molecule has 52 heavy (non-hydrogen) atoms. The summed E-state index contributed by atoms with van der Waals surface area (Å²) in [4.78, 5) is 48.4. The van der Waals surface area contributed by atoms with E-state index in [1.165, 1.54) is 7.11 Å². The zero-order valence-corrected chi connectivity index (χ0v) is 33.0. The van der Waals surface area contributed by atoms with E-state index in [9.17, 15) is 47.3 Å². The Hall–Kier alpha value is 0.0949. The summed E-state index contributed by atoms with van der Waals surface area (Å²) in [6.07, 6.45) is 5.60. The second kappa shape index (κ2) is 26.1. The molecule has 0 amide bonds. The molecule has 0 saturated carbocycles. The molecule has 2 radical (unpaired) electrons. The molecule has 0 aliphatic carbocycles. The van der Waals surface area contributed by atoms with Crippen molar-refractivity contribution < 1.29 is 102 Å². The molecular weight excluding hydrogens is 806 g/mol. The van der Waals surface area contributed by atoms with Gasteiger partial charge in [-0.1, -0.05) is 0 Å². The van der Waals surface area contributed by atoms with Crippen LogP contribution in [0, 0.1) is 12.3 Å². The van der Waals surface area contributed by atoms with Gasteiger partial charge in [0.1, 0.15) is 14.0 Å². The molecule has 0 bridgehead atoms. The van der Waals surface area contributed by atoms with Crippen molar-refractivity contribution in [3.05, 3.63) is 0 Å². The lowest BCUT2D eigenvalue weighted by Crippen LogP contribution is -2.28. The van der Waals surface area contributed by atoms with E-state index in [1.807, 2.05) is 0 Å². The molecule has 0 aromatic rings. The Balaban J connectivity index is 2.09.